The molecule has 0 radical (unpaired) electrons. The molecule has 5 heteroatoms. The molecule has 0 spiro atoms. The van der Waals surface area contributed by atoms with E-state index in [0.29, 0.717) is 5.56 Å². The molecule has 108 valence electrons. The Morgan fingerprint density at radius 2 is 1.86 bits per heavy atom. The van der Waals surface area contributed by atoms with Crippen molar-refractivity contribution < 1.29 is 18.7 Å². The summed E-state index contributed by atoms with van der Waals surface area (Å²) < 4.78 is 9.83. The Labute approximate surface area is 121 Å². The summed E-state index contributed by atoms with van der Waals surface area (Å²) in [6.45, 7) is 3.27. The van der Waals surface area contributed by atoms with Gasteiger partial charge in [-0.25, -0.2) is 9.59 Å². The molecule has 0 saturated carbocycles. The van der Waals surface area contributed by atoms with Crippen molar-refractivity contribution in [2.45, 2.75) is 13.8 Å². The first kappa shape index (κ1) is 14.7. The van der Waals surface area contributed by atoms with E-state index in [1.165, 1.54) is 6.92 Å². The number of hydrogen-bond acceptors (Lipinski definition) is 5. The second-order valence-corrected chi connectivity index (χ2v) is 4.33. The Hall–Kier alpha value is -2.69. The lowest BCUT2D eigenvalue weighted by atomic mass is 9.98. The molecule has 1 aromatic carbocycles. The van der Waals surface area contributed by atoms with Gasteiger partial charge in [-0.15, -0.1) is 0 Å². The maximum absolute atomic E-state index is 12.5. The predicted molar refractivity (Wildman–Crippen MR) is 75.5 cm³/mol. The maximum atomic E-state index is 12.5. The summed E-state index contributed by atoms with van der Waals surface area (Å²) in [5, 5.41) is 0. The van der Waals surface area contributed by atoms with E-state index in [9.17, 15) is 14.4 Å². The van der Waals surface area contributed by atoms with E-state index in [1.807, 2.05) is 0 Å². The third kappa shape index (κ3) is 3.08. The summed E-state index contributed by atoms with van der Waals surface area (Å²) in [4.78, 5) is 35.9. The van der Waals surface area contributed by atoms with Crippen molar-refractivity contribution in [1.82, 2.24) is 0 Å². The topological polar surface area (TPSA) is 73.6 Å². The Kier molecular flexibility index (Phi) is 4.33. The minimum absolute atomic E-state index is 0.0549. The van der Waals surface area contributed by atoms with Crippen LogP contribution in [0.3, 0.4) is 0 Å². The van der Waals surface area contributed by atoms with Crippen LogP contribution >= 0.6 is 0 Å². The molecule has 0 amide bonds. The molecular formula is C16H14O5. The number of aryl methyl sites for hydroxylation is 1. The van der Waals surface area contributed by atoms with Gasteiger partial charge in [0.2, 0.25) is 0 Å². The fourth-order valence-electron chi connectivity index (χ4n) is 2.00. The summed E-state index contributed by atoms with van der Waals surface area (Å²) in [6.07, 6.45) is 0. The molecule has 0 aliphatic rings. The Balaban J connectivity index is 2.59. The Bertz CT molecular complexity index is 728. The number of hydrogen-bond donors (Lipinski definition) is 0. The molecule has 0 aliphatic heterocycles. The van der Waals surface area contributed by atoms with Crippen LogP contribution in [-0.2, 0) is 4.74 Å². The van der Waals surface area contributed by atoms with E-state index in [1.54, 1.807) is 37.3 Å². The van der Waals surface area contributed by atoms with Crippen molar-refractivity contribution >= 4 is 11.8 Å². The number of carbonyl (C=O) groups is 2. The molecule has 0 unspecified atom stereocenters. The van der Waals surface area contributed by atoms with Crippen molar-refractivity contribution in [3.63, 3.8) is 0 Å². The number of esters is 1. The van der Waals surface area contributed by atoms with E-state index in [-0.39, 0.29) is 29.3 Å². The molecule has 2 rings (SSSR count). The molecule has 1 aromatic heterocycles. The zero-order valence-corrected chi connectivity index (χ0v) is 11.7. The number of benzene rings is 1. The maximum Gasteiger partial charge on any atom is 0.339 e. The second-order valence-electron chi connectivity index (χ2n) is 4.33. The monoisotopic (exact) mass is 286 g/mol. The minimum atomic E-state index is -0.715. The van der Waals surface area contributed by atoms with E-state index >= 15 is 0 Å². The van der Waals surface area contributed by atoms with Crippen molar-refractivity contribution in [2.75, 3.05) is 6.61 Å². The highest BCUT2D eigenvalue weighted by Gasteiger charge is 2.24. The van der Waals surface area contributed by atoms with Gasteiger partial charge in [0, 0.05) is 11.6 Å². The molecule has 2 aromatic rings. The number of ether oxygens (including phenoxy) is 1. The highest BCUT2D eigenvalue weighted by Crippen LogP contribution is 2.18. The van der Waals surface area contributed by atoms with E-state index in [4.69, 9.17) is 9.15 Å². The van der Waals surface area contributed by atoms with Crippen LogP contribution in [0.4, 0.5) is 0 Å². The zero-order chi connectivity index (χ0) is 15.4. The Morgan fingerprint density at radius 1 is 1.19 bits per heavy atom. The van der Waals surface area contributed by atoms with Crippen molar-refractivity contribution in [3.8, 4) is 0 Å². The van der Waals surface area contributed by atoms with Crippen molar-refractivity contribution in [1.29, 1.82) is 0 Å². The summed E-state index contributed by atoms with van der Waals surface area (Å²) in [6, 6.07) is 9.45. The quantitative estimate of drug-likeness (QED) is 0.637. The van der Waals surface area contributed by atoms with Crippen LogP contribution < -0.4 is 5.63 Å². The third-order valence-corrected chi connectivity index (χ3v) is 2.90. The molecule has 0 aliphatic carbocycles. The van der Waals surface area contributed by atoms with Gasteiger partial charge in [0.1, 0.15) is 5.76 Å². The zero-order valence-electron chi connectivity index (χ0n) is 11.7. The van der Waals surface area contributed by atoms with Crippen LogP contribution in [0.5, 0.6) is 0 Å². The van der Waals surface area contributed by atoms with E-state index in [2.05, 4.69) is 0 Å². The summed E-state index contributed by atoms with van der Waals surface area (Å²) in [7, 11) is 0. The van der Waals surface area contributed by atoms with Crippen LogP contribution in [0, 0.1) is 6.92 Å². The lowest BCUT2D eigenvalue weighted by Gasteiger charge is -2.09. The van der Waals surface area contributed by atoms with Crippen LogP contribution in [0.1, 0.15) is 39.0 Å². The summed E-state index contributed by atoms with van der Waals surface area (Å²) >= 11 is 0. The van der Waals surface area contributed by atoms with Gasteiger partial charge < -0.3 is 9.15 Å². The Morgan fingerprint density at radius 3 is 2.48 bits per heavy atom. The second kappa shape index (κ2) is 6.17. The normalized spacial score (nSPS) is 10.2. The summed E-state index contributed by atoms with van der Waals surface area (Å²) in [5.41, 5.74) is -0.307. The number of rotatable bonds is 4. The molecular weight excluding hydrogens is 272 g/mol. The van der Waals surface area contributed by atoms with Gasteiger partial charge in [0.05, 0.1) is 17.7 Å². The molecule has 21 heavy (non-hydrogen) atoms. The highest BCUT2D eigenvalue weighted by molar-refractivity contribution is 6.14. The molecule has 0 fully saturated rings. The highest BCUT2D eigenvalue weighted by atomic mass is 16.5. The number of ketones is 1. The lowest BCUT2D eigenvalue weighted by Crippen LogP contribution is -2.18. The van der Waals surface area contributed by atoms with Gasteiger partial charge in [-0.3, -0.25) is 4.79 Å². The third-order valence-electron chi connectivity index (χ3n) is 2.90. The van der Waals surface area contributed by atoms with Crippen LogP contribution in [0.15, 0.2) is 45.6 Å². The van der Waals surface area contributed by atoms with Gasteiger partial charge in [-0.1, -0.05) is 30.3 Å². The average Bonchev–Trinajstić information content (AvgIpc) is 2.47. The number of carbonyl (C=O) groups excluding carboxylic acids is 2. The molecule has 0 atom stereocenters. The first-order valence-electron chi connectivity index (χ1n) is 6.46. The predicted octanol–water partition coefficient (Wildman–Crippen LogP) is 2.36. The molecule has 0 saturated heterocycles. The van der Waals surface area contributed by atoms with Crippen molar-refractivity contribution in [2.24, 2.45) is 0 Å². The fourth-order valence-corrected chi connectivity index (χ4v) is 2.00. The van der Waals surface area contributed by atoms with E-state index in [0.717, 1.165) is 6.07 Å². The lowest BCUT2D eigenvalue weighted by molar-refractivity contribution is 0.0521. The van der Waals surface area contributed by atoms with Gasteiger partial charge in [-0.2, -0.15) is 0 Å². The first-order chi connectivity index (χ1) is 10.0. The van der Waals surface area contributed by atoms with Crippen LogP contribution in [0.2, 0.25) is 0 Å². The van der Waals surface area contributed by atoms with Crippen molar-refractivity contribution in [3.05, 3.63) is 69.3 Å². The molecule has 5 nitrogen and oxygen atoms in total. The first-order valence-corrected chi connectivity index (χ1v) is 6.46. The molecule has 0 bridgehead atoms. The van der Waals surface area contributed by atoms with Crippen LogP contribution in [0.25, 0.3) is 0 Å². The van der Waals surface area contributed by atoms with Gasteiger partial charge in [0.15, 0.2) is 5.78 Å². The molecule has 0 N–H and O–H groups in total. The standard InChI is InChI=1S/C16H14O5/c1-3-20-16(19)12-9-13(17)21-10(2)14(12)15(18)11-7-5-4-6-8-11/h4-9H,3H2,1-2H3. The molecule has 1 heterocycles. The largest absolute Gasteiger partial charge is 0.462 e. The SMILES string of the molecule is CCOC(=O)c1cc(=O)oc(C)c1C(=O)c1ccccc1. The van der Waals surface area contributed by atoms with Gasteiger partial charge >= 0.3 is 11.6 Å². The minimum Gasteiger partial charge on any atom is -0.462 e. The fraction of sp³-hybridized carbons (Fsp3) is 0.188. The smallest absolute Gasteiger partial charge is 0.339 e. The average molecular weight is 286 g/mol. The van der Waals surface area contributed by atoms with E-state index < -0.39 is 11.6 Å². The van der Waals surface area contributed by atoms with Crippen LogP contribution in [-0.4, -0.2) is 18.4 Å². The van der Waals surface area contributed by atoms with Gasteiger partial charge in [-0.05, 0) is 13.8 Å². The van der Waals surface area contributed by atoms with Gasteiger partial charge in [0.25, 0.3) is 0 Å². The summed E-state index contributed by atoms with van der Waals surface area (Å²) in [5.74, 6) is -1.01.